The Bertz CT molecular complexity index is 232. The second kappa shape index (κ2) is 2.06. The Morgan fingerprint density at radius 3 is 2.78 bits per heavy atom. The molecule has 1 rings (SSSR count). The van der Waals surface area contributed by atoms with Gasteiger partial charge in [-0.3, -0.25) is 0 Å². The number of rotatable bonds is 0. The van der Waals surface area contributed by atoms with Crippen LogP contribution in [0.3, 0.4) is 0 Å². The van der Waals surface area contributed by atoms with Crippen LogP contribution in [0.5, 0.6) is 0 Å². The number of carboxylic acid groups (broad SMARTS) is 1. The lowest BCUT2D eigenvalue weighted by atomic mass is 10.7. The number of halogens is 1. The molecule has 0 atom stereocenters. The van der Waals surface area contributed by atoms with Crippen molar-refractivity contribution in [2.75, 3.05) is 0 Å². The van der Waals surface area contributed by atoms with Crippen LogP contribution in [-0.2, 0) is 0 Å². The molecule has 0 amide bonds. The molecule has 48 valence electrons. The zero-order valence-corrected chi connectivity index (χ0v) is 5.04. The topological polar surface area (TPSA) is 55.1 Å². The number of nitrogens with zero attached hydrogens (tertiary/aromatic N) is 2. The third kappa shape index (κ3) is 1.20. The highest BCUT2D eigenvalue weighted by Gasteiger charge is 2.00. The van der Waals surface area contributed by atoms with E-state index >= 15 is 0 Å². The highest BCUT2D eigenvalue weighted by Crippen LogP contribution is 2.03. The fraction of sp³-hybridized carbons (Fsp3) is 0. The highest BCUT2D eigenvalue weighted by molar-refractivity contribution is 6.30. The van der Waals surface area contributed by atoms with Gasteiger partial charge in [0.05, 0.1) is 17.4 Å². The molecular formula is C4H3ClN2O2. The molecule has 0 aliphatic carbocycles. The first-order chi connectivity index (χ1) is 4.20. The summed E-state index contributed by atoms with van der Waals surface area (Å²) in [6.07, 6.45) is 1.33. The first-order valence-electron chi connectivity index (χ1n) is 2.13. The summed E-state index contributed by atoms with van der Waals surface area (Å²) in [5.74, 6) is 0. The first kappa shape index (κ1) is 6.10. The minimum absolute atomic E-state index is 0.317. The lowest BCUT2D eigenvalue weighted by Gasteiger charge is -1.85. The third-order valence-electron chi connectivity index (χ3n) is 0.747. The maximum absolute atomic E-state index is 10.1. The van der Waals surface area contributed by atoms with Crippen molar-refractivity contribution < 1.29 is 9.90 Å². The SMILES string of the molecule is O=C(O)n1cc(Cl)cn1. The van der Waals surface area contributed by atoms with Gasteiger partial charge in [-0.25, -0.2) is 4.79 Å². The molecule has 0 aliphatic heterocycles. The average Bonchev–Trinajstić information content (AvgIpc) is 2.14. The zero-order valence-electron chi connectivity index (χ0n) is 4.28. The molecule has 0 fully saturated rings. The first-order valence-corrected chi connectivity index (χ1v) is 2.51. The molecule has 9 heavy (non-hydrogen) atoms. The summed E-state index contributed by atoms with van der Waals surface area (Å²) < 4.78 is 0.738. The molecule has 1 aromatic heterocycles. The Hall–Kier alpha value is -1.03. The fourth-order valence-electron chi connectivity index (χ4n) is 0.405. The molecule has 0 bridgehead atoms. The molecule has 5 heteroatoms. The molecule has 4 nitrogen and oxygen atoms in total. The zero-order chi connectivity index (χ0) is 6.85. The molecular weight excluding hydrogens is 144 g/mol. The van der Waals surface area contributed by atoms with E-state index in [2.05, 4.69) is 5.10 Å². The van der Waals surface area contributed by atoms with Gasteiger partial charge in [-0.2, -0.15) is 9.78 Å². The van der Waals surface area contributed by atoms with Gasteiger partial charge in [-0.05, 0) is 0 Å². The summed E-state index contributed by atoms with van der Waals surface area (Å²) in [4.78, 5) is 10.1. The van der Waals surface area contributed by atoms with Crippen molar-refractivity contribution in [3.05, 3.63) is 17.4 Å². The van der Waals surface area contributed by atoms with E-state index in [1.165, 1.54) is 12.4 Å². The van der Waals surface area contributed by atoms with Gasteiger partial charge in [0.25, 0.3) is 0 Å². The molecule has 1 aromatic rings. The van der Waals surface area contributed by atoms with Gasteiger partial charge in [0, 0.05) is 0 Å². The number of carbonyl (C=O) groups is 1. The van der Waals surface area contributed by atoms with Crippen LogP contribution in [0.15, 0.2) is 12.4 Å². The smallest absolute Gasteiger partial charge is 0.432 e. The van der Waals surface area contributed by atoms with E-state index in [1.54, 1.807) is 0 Å². The summed E-state index contributed by atoms with van der Waals surface area (Å²) >= 11 is 5.36. The van der Waals surface area contributed by atoms with Crippen molar-refractivity contribution in [3.63, 3.8) is 0 Å². The van der Waals surface area contributed by atoms with E-state index in [1.807, 2.05) is 0 Å². The predicted octanol–water partition coefficient (Wildman–Crippen LogP) is 1.06. The summed E-state index contributed by atoms with van der Waals surface area (Å²) in [6.45, 7) is 0. The van der Waals surface area contributed by atoms with Crippen molar-refractivity contribution in [2.24, 2.45) is 0 Å². The van der Waals surface area contributed by atoms with Crippen LogP contribution in [0.1, 0.15) is 0 Å². The maximum atomic E-state index is 10.1. The number of hydrogen-bond acceptors (Lipinski definition) is 2. The van der Waals surface area contributed by atoms with Gasteiger partial charge >= 0.3 is 6.09 Å². The van der Waals surface area contributed by atoms with E-state index in [9.17, 15) is 4.79 Å². The Morgan fingerprint density at radius 2 is 2.56 bits per heavy atom. The van der Waals surface area contributed by atoms with Gasteiger partial charge in [0.15, 0.2) is 0 Å². The third-order valence-corrected chi connectivity index (χ3v) is 0.942. The molecule has 1 N–H and O–H groups in total. The van der Waals surface area contributed by atoms with Crippen LogP contribution >= 0.6 is 11.6 Å². The van der Waals surface area contributed by atoms with Crippen molar-refractivity contribution in [1.82, 2.24) is 9.78 Å². The van der Waals surface area contributed by atoms with Crippen LogP contribution in [-0.4, -0.2) is 21.0 Å². The van der Waals surface area contributed by atoms with E-state index in [-0.39, 0.29) is 0 Å². The minimum atomic E-state index is -1.14. The van der Waals surface area contributed by atoms with Gasteiger partial charge in [0.2, 0.25) is 0 Å². The summed E-state index contributed by atoms with van der Waals surface area (Å²) in [6, 6.07) is 0. The van der Waals surface area contributed by atoms with E-state index in [4.69, 9.17) is 16.7 Å². The maximum Gasteiger partial charge on any atom is 0.432 e. The Balaban J connectivity index is 2.98. The van der Waals surface area contributed by atoms with Gasteiger partial charge in [0.1, 0.15) is 0 Å². The van der Waals surface area contributed by atoms with E-state index in [0.29, 0.717) is 5.02 Å². The van der Waals surface area contributed by atoms with Crippen LogP contribution in [0.4, 0.5) is 4.79 Å². The predicted molar refractivity (Wildman–Crippen MR) is 30.7 cm³/mol. The molecule has 1 heterocycles. The lowest BCUT2D eigenvalue weighted by Crippen LogP contribution is -2.07. The Kier molecular flexibility index (Phi) is 1.40. The molecule has 0 radical (unpaired) electrons. The normalized spacial score (nSPS) is 9.44. The summed E-state index contributed by atoms with van der Waals surface area (Å²) in [5, 5.41) is 12.0. The summed E-state index contributed by atoms with van der Waals surface area (Å²) in [5.41, 5.74) is 0. The van der Waals surface area contributed by atoms with Crippen LogP contribution in [0.2, 0.25) is 5.02 Å². The summed E-state index contributed by atoms with van der Waals surface area (Å²) in [7, 11) is 0. The second-order valence-corrected chi connectivity index (χ2v) is 1.82. The molecule has 0 aliphatic rings. The van der Waals surface area contributed by atoms with Crippen LogP contribution < -0.4 is 0 Å². The molecule has 0 saturated carbocycles. The lowest BCUT2D eigenvalue weighted by molar-refractivity contribution is 0.192. The molecule has 0 spiro atoms. The minimum Gasteiger partial charge on any atom is -0.463 e. The Labute approximate surface area is 55.7 Å². The van der Waals surface area contributed by atoms with Crippen molar-refractivity contribution in [2.45, 2.75) is 0 Å². The van der Waals surface area contributed by atoms with Gasteiger partial charge < -0.3 is 5.11 Å². The van der Waals surface area contributed by atoms with Crippen molar-refractivity contribution in [1.29, 1.82) is 0 Å². The molecule has 0 unspecified atom stereocenters. The second-order valence-electron chi connectivity index (χ2n) is 1.39. The largest absolute Gasteiger partial charge is 0.463 e. The standard InChI is InChI=1S/C4H3ClN2O2/c5-3-1-6-7(2-3)4(8)9/h1-2H,(H,8,9). The quantitative estimate of drug-likeness (QED) is 0.596. The van der Waals surface area contributed by atoms with Crippen LogP contribution in [0.25, 0.3) is 0 Å². The van der Waals surface area contributed by atoms with E-state index < -0.39 is 6.09 Å². The Morgan fingerprint density at radius 1 is 1.89 bits per heavy atom. The van der Waals surface area contributed by atoms with Crippen molar-refractivity contribution >= 4 is 17.7 Å². The molecule has 0 aromatic carbocycles. The van der Waals surface area contributed by atoms with Gasteiger partial charge in [-0.1, -0.05) is 11.6 Å². The highest BCUT2D eigenvalue weighted by atomic mass is 35.5. The van der Waals surface area contributed by atoms with Crippen LogP contribution in [0, 0.1) is 0 Å². The molecule has 0 saturated heterocycles. The van der Waals surface area contributed by atoms with Crippen molar-refractivity contribution in [3.8, 4) is 0 Å². The van der Waals surface area contributed by atoms with Gasteiger partial charge in [-0.15, -0.1) is 0 Å². The fourth-order valence-corrected chi connectivity index (χ4v) is 0.542. The monoisotopic (exact) mass is 146 g/mol. The number of hydrogen-bond donors (Lipinski definition) is 1. The van der Waals surface area contributed by atoms with E-state index in [0.717, 1.165) is 4.68 Å². The number of aromatic nitrogens is 2. The average molecular weight is 147 g/mol.